The van der Waals surface area contributed by atoms with E-state index in [1.165, 1.54) is 0 Å². The summed E-state index contributed by atoms with van der Waals surface area (Å²) in [6.45, 7) is 0.425. The topological polar surface area (TPSA) is 43.1 Å². The molecule has 0 amide bonds. The maximum absolute atomic E-state index is 12.5. The number of carbonyl (C=O) groups excluding carboxylic acids is 1. The van der Waals surface area contributed by atoms with Gasteiger partial charge in [-0.3, -0.25) is 4.79 Å². The molecule has 1 saturated carbocycles. The second-order valence-electron chi connectivity index (χ2n) is 4.99. The Balaban J connectivity index is 2.21. The van der Waals surface area contributed by atoms with Crippen LogP contribution in [0.25, 0.3) is 0 Å². The molecule has 0 aliphatic heterocycles. The van der Waals surface area contributed by atoms with Gasteiger partial charge in [-0.2, -0.15) is 0 Å². The number of Topliss-reactive ketones (excluding diaryl/α,β-unsaturated/α-hetero) is 1. The molecule has 2 rings (SSSR count). The number of hydrogen-bond acceptors (Lipinski definition) is 2. The van der Waals surface area contributed by atoms with Gasteiger partial charge in [0.25, 0.3) is 0 Å². The zero-order chi connectivity index (χ0) is 13.2. The van der Waals surface area contributed by atoms with Gasteiger partial charge in [0.1, 0.15) is 5.78 Å². The second kappa shape index (κ2) is 5.60. The third kappa shape index (κ3) is 2.56. The number of ketones is 1. The van der Waals surface area contributed by atoms with Crippen molar-refractivity contribution < 1.29 is 4.79 Å². The summed E-state index contributed by atoms with van der Waals surface area (Å²) in [5.41, 5.74) is 6.20. The molecule has 1 aliphatic rings. The van der Waals surface area contributed by atoms with Crippen LogP contribution in [-0.2, 0) is 11.2 Å². The maximum Gasteiger partial charge on any atom is 0.144 e. The molecule has 1 aromatic rings. The minimum atomic E-state index is -0.345. The van der Waals surface area contributed by atoms with Crippen molar-refractivity contribution in [3.05, 3.63) is 33.8 Å². The first kappa shape index (κ1) is 13.9. The van der Waals surface area contributed by atoms with Crippen LogP contribution in [0.3, 0.4) is 0 Å². The van der Waals surface area contributed by atoms with Crippen LogP contribution in [0.5, 0.6) is 0 Å². The molecule has 2 nitrogen and oxygen atoms in total. The fraction of sp³-hybridized carbons (Fsp3) is 0.500. The first-order valence-corrected chi connectivity index (χ1v) is 7.01. The van der Waals surface area contributed by atoms with Crippen molar-refractivity contribution in [3.63, 3.8) is 0 Å². The summed E-state index contributed by atoms with van der Waals surface area (Å²) >= 11 is 12.2. The lowest BCUT2D eigenvalue weighted by molar-refractivity contribution is -0.127. The molecule has 0 heterocycles. The molecule has 0 unspecified atom stereocenters. The van der Waals surface area contributed by atoms with E-state index in [0.717, 1.165) is 31.2 Å². The largest absolute Gasteiger partial charge is 0.329 e. The lowest BCUT2D eigenvalue weighted by Crippen LogP contribution is -2.37. The highest BCUT2D eigenvalue weighted by molar-refractivity contribution is 6.36. The predicted octanol–water partition coefficient (Wildman–Crippen LogP) is 3.62. The van der Waals surface area contributed by atoms with Gasteiger partial charge in [0.05, 0.1) is 0 Å². The van der Waals surface area contributed by atoms with Crippen LogP contribution >= 0.6 is 23.2 Å². The van der Waals surface area contributed by atoms with Crippen LogP contribution in [0.2, 0.25) is 10.0 Å². The second-order valence-corrected chi connectivity index (χ2v) is 5.81. The summed E-state index contributed by atoms with van der Waals surface area (Å²) in [6.07, 6.45) is 4.24. The summed E-state index contributed by atoms with van der Waals surface area (Å²) in [4.78, 5) is 12.5. The third-order valence-electron chi connectivity index (χ3n) is 3.94. The molecule has 0 radical (unpaired) electrons. The molecular formula is C14H17Cl2NO. The van der Waals surface area contributed by atoms with Crippen molar-refractivity contribution in [2.24, 2.45) is 11.1 Å². The Hall–Kier alpha value is -0.570. The lowest BCUT2D eigenvalue weighted by atomic mass is 9.79. The summed E-state index contributed by atoms with van der Waals surface area (Å²) in [6, 6.07) is 5.31. The molecule has 0 atom stereocenters. The van der Waals surface area contributed by atoms with Crippen molar-refractivity contribution in [3.8, 4) is 0 Å². The third-order valence-corrected chi connectivity index (χ3v) is 4.65. The molecule has 1 fully saturated rings. The minimum Gasteiger partial charge on any atom is -0.329 e. The van der Waals surface area contributed by atoms with Gasteiger partial charge in [-0.05, 0) is 30.5 Å². The van der Waals surface area contributed by atoms with Gasteiger partial charge in [0.2, 0.25) is 0 Å². The van der Waals surface area contributed by atoms with Gasteiger partial charge in [0.15, 0.2) is 0 Å². The molecule has 0 saturated heterocycles. The molecule has 2 N–H and O–H groups in total. The van der Waals surface area contributed by atoms with Crippen molar-refractivity contribution in [2.45, 2.75) is 32.1 Å². The first-order valence-electron chi connectivity index (χ1n) is 6.25. The van der Waals surface area contributed by atoms with Gasteiger partial charge in [-0.1, -0.05) is 42.1 Å². The van der Waals surface area contributed by atoms with Crippen LogP contribution < -0.4 is 5.73 Å². The first-order chi connectivity index (χ1) is 8.59. The standard InChI is InChI=1S/C14H17Cl2NO/c15-11-4-3-5-12(16)10(11)8-13(18)14(9-17)6-1-2-7-14/h3-5H,1-2,6-9,17H2. The molecule has 1 aromatic carbocycles. The van der Waals surface area contributed by atoms with E-state index < -0.39 is 0 Å². The Bertz CT molecular complexity index is 433. The number of rotatable bonds is 4. The lowest BCUT2D eigenvalue weighted by Gasteiger charge is -2.25. The molecule has 98 valence electrons. The Morgan fingerprint density at radius 1 is 1.22 bits per heavy atom. The van der Waals surface area contributed by atoms with Crippen LogP contribution in [0.15, 0.2) is 18.2 Å². The van der Waals surface area contributed by atoms with Gasteiger partial charge in [-0.25, -0.2) is 0 Å². The number of halogens is 2. The highest BCUT2D eigenvalue weighted by Gasteiger charge is 2.39. The van der Waals surface area contributed by atoms with E-state index in [2.05, 4.69) is 0 Å². The zero-order valence-corrected chi connectivity index (χ0v) is 11.7. The van der Waals surface area contributed by atoms with Crippen LogP contribution in [0, 0.1) is 5.41 Å². The van der Waals surface area contributed by atoms with Gasteiger partial charge < -0.3 is 5.73 Å². The van der Waals surface area contributed by atoms with E-state index in [-0.39, 0.29) is 17.6 Å². The number of carbonyl (C=O) groups is 1. The SMILES string of the molecule is NCC1(C(=O)Cc2c(Cl)cccc2Cl)CCCC1. The van der Waals surface area contributed by atoms with Crippen molar-refractivity contribution in [1.29, 1.82) is 0 Å². The van der Waals surface area contributed by atoms with E-state index >= 15 is 0 Å². The smallest absolute Gasteiger partial charge is 0.144 e. The average Bonchev–Trinajstić information content (AvgIpc) is 2.84. The maximum atomic E-state index is 12.5. The highest BCUT2D eigenvalue weighted by atomic mass is 35.5. The molecular weight excluding hydrogens is 269 g/mol. The highest BCUT2D eigenvalue weighted by Crippen LogP contribution is 2.39. The minimum absolute atomic E-state index is 0.178. The number of hydrogen-bond donors (Lipinski definition) is 1. The summed E-state index contributed by atoms with van der Waals surface area (Å²) in [5.74, 6) is 0.178. The Labute approximate surface area is 117 Å². The molecule has 1 aliphatic carbocycles. The van der Waals surface area contributed by atoms with E-state index in [0.29, 0.717) is 16.6 Å². The van der Waals surface area contributed by atoms with Crippen LogP contribution in [0.4, 0.5) is 0 Å². The van der Waals surface area contributed by atoms with Crippen LogP contribution in [0.1, 0.15) is 31.2 Å². The van der Waals surface area contributed by atoms with Gasteiger partial charge in [0, 0.05) is 28.4 Å². The number of nitrogens with two attached hydrogens (primary N) is 1. The Kier molecular flexibility index (Phi) is 4.31. The molecule has 0 bridgehead atoms. The Morgan fingerprint density at radius 3 is 2.28 bits per heavy atom. The van der Waals surface area contributed by atoms with E-state index in [9.17, 15) is 4.79 Å². The van der Waals surface area contributed by atoms with E-state index in [4.69, 9.17) is 28.9 Å². The molecule has 4 heteroatoms. The monoisotopic (exact) mass is 285 g/mol. The van der Waals surface area contributed by atoms with Crippen molar-refractivity contribution in [1.82, 2.24) is 0 Å². The Morgan fingerprint density at radius 2 is 1.78 bits per heavy atom. The summed E-state index contributed by atoms with van der Waals surface area (Å²) in [7, 11) is 0. The van der Waals surface area contributed by atoms with Crippen molar-refractivity contribution >= 4 is 29.0 Å². The molecule has 0 aromatic heterocycles. The normalized spacial score (nSPS) is 17.9. The fourth-order valence-electron chi connectivity index (χ4n) is 2.70. The van der Waals surface area contributed by atoms with Gasteiger partial charge in [-0.15, -0.1) is 0 Å². The van der Waals surface area contributed by atoms with Gasteiger partial charge >= 0.3 is 0 Å². The van der Waals surface area contributed by atoms with Crippen molar-refractivity contribution in [2.75, 3.05) is 6.54 Å². The average molecular weight is 286 g/mol. The van der Waals surface area contributed by atoms with E-state index in [1.54, 1.807) is 18.2 Å². The summed E-state index contributed by atoms with van der Waals surface area (Å²) < 4.78 is 0. The zero-order valence-electron chi connectivity index (χ0n) is 10.2. The predicted molar refractivity (Wildman–Crippen MR) is 75.1 cm³/mol. The fourth-order valence-corrected chi connectivity index (χ4v) is 3.23. The quantitative estimate of drug-likeness (QED) is 0.918. The van der Waals surface area contributed by atoms with Crippen LogP contribution in [-0.4, -0.2) is 12.3 Å². The summed E-state index contributed by atoms with van der Waals surface area (Å²) in [5, 5.41) is 1.11. The molecule has 0 spiro atoms. The number of benzene rings is 1. The molecule has 18 heavy (non-hydrogen) atoms. The van der Waals surface area contributed by atoms with E-state index in [1.807, 2.05) is 0 Å².